The minimum atomic E-state index is -3.80. The van der Waals surface area contributed by atoms with E-state index < -0.39 is 65.4 Å². The zero-order valence-electron chi connectivity index (χ0n) is 67.8. The number of methoxy groups -OCH3 is 2. The molecule has 2 fully saturated rings. The normalized spacial score (nSPS) is 18.0. The molecule has 1 amide bonds. The molecule has 0 aliphatic heterocycles. The summed E-state index contributed by atoms with van der Waals surface area (Å²) in [6.45, 7) is 33.1. The first-order valence-electron chi connectivity index (χ1n) is 38.1. The zero-order chi connectivity index (χ0) is 79.7. The Labute approximate surface area is 663 Å². The molecule has 8 aromatic rings. The maximum atomic E-state index is 13.5. The largest absolute Gasteiger partial charge is 0.479 e. The van der Waals surface area contributed by atoms with E-state index in [1.807, 2.05) is 122 Å². The summed E-state index contributed by atoms with van der Waals surface area (Å²) in [5.41, 5.74) is 5.98. The number of aromatic nitrogens is 10. The second-order valence-electron chi connectivity index (χ2n) is 33.5. The maximum absolute atomic E-state index is 13.5. The molecular weight excluding hydrogens is 1520 g/mol. The van der Waals surface area contributed by atoms with Crippen molar-refractivity contribution in [2.24, 2.45) is 0 Å². The van der Waals surface area contributed by atoms with Gasteiger partial charge in [0.25, 0.3) is 5.91 Å². The summed E-state index contributed by atoms with van der Waals surface area (Å²) in [5, 5.41) is 29.6. The Balaban J connectivity index is 0.000000254. The Morgan fingerprint density at radius 2 is 0.864 bits per heavy atom. The highest BCUT2D eigenvalue weighted by molar-refractivity contribution is 7.99. The lowest BCUT2D eigenvalue weighted by molar-refractivity contribution is -0.173. The summed E-state index contributed by atoms with van der Waals surface area (Å²) >= 11 is 3.23. The fourth-order valence-corrected chi connectivity index (χ4v) is 18.4. The quantitative estimate of drug-likeness (QED) is 0.0156. The van der Waals surface area contributed by atoms with Crippen LogP contribution in [0.2, 0.25) is 103 Å². The minimum absolute atomic E-state index is 0.0111. The molecule has 110 heavy (non-hydrogen) atoms. The Bertz CT molecular complexity index is 4330. The third-order valence-electron chi connectivity index (χ3n) is 19.8. The average molecular weight is 1640 g/mol. The smallest absolute Gasteiger partial charge is 0.335 e. The number of carbonyl (C=O) groups excluding carboxylic acids is 1. The number of thioether (sulfide) groups is 2. The maximum Gasteiger partial charge on any atom is 0.335 e. The van der Waals surface area contributed by atoms with Crippen LogP contribution >= 0.6 is 23.5 Å². The van der Waals surface area contributed by atoms with Gasteiger partial charge in [0.1, 0.15) is 32.5 Å². The molecule has 2 saturated carbocycles. The van der Waals surface area contributed by atoms with E-state index in [4.69, 9.17) is 58.1 Å². The molecule has 0 unspecified atom stereocenters. The fraction of sp³-hybridized carbons (Fsp3) is 0.584. The van der Waals surface area contributed by atoms with Crippen molar-refractivity contribution >= 4 is 101 Å². The Kier molecular flexibility index (Phi) is 31.3. The van der Waals surface area contributed by atoms with Crippen molar-refractivity contribution in [1.29, 1.82) is 0 Å². The number of fused-ring (bicyclic) bond motifs is 2. The van der Waals surface area contributed by atoms with Crippen molar-refractivity contribution in [3.63, 3.8) is 0 Å². The van der Waals surface area contributed by atoms with Gasteiger partial charge in [-0.25, -0.2) is 32.5 Å². The van der Waals surface area contributed by atoms with Crippen molar-refractivity contribution in [3.05, 3.63) is 109 Å². The van der Waals surface area contributed by atoms with Gasteiger partial charge in [0, 0.05) is 119 Å². The summed E-state index contributed by atoms with van der Waals surface area (Å²) in [7, 11) is -5.96. The third kappa shape index (κ3) is 24.2. The number of hydrogen-bond donors (Lipinski definition) is 2. The van der Waals surface area contributed by atoms with E-state index >= 15 is 0 Å². The number of hydrogen-bond acceptors (Lipinski definition) is 22. The predicted octanol–water partition coefficient (Wildman–Crippen LogP) is 14.7. The van der Waals surface area contributed by atoms with Gasteiger partial charge in [0.2, 0.25) is 10.0 Å². The summed E-state index contributed by atoms with van der Waals surface area (Å²) < 4.78 is 82.3. The van der Waals surface area contributed by atoms with Crippen LogP contribution in [-0.4, -0.2) is 230 Å². The summed E-state index contributed by atoms with van der Waals surface area (Å²) in [6, 6.07) is 24.1. The van der Waals surface area contributed by atoms with Crippen molar-refractivity contribution < 1.29 is 61.0 Å². The molecule has 2 aliphatic rings. The molecule has 6 heterocycles. The number of aliphatic carboxylic acids is 1. The molecule has 2 aliphatic carbocycles. The highest BCUT2D eigenvalue weighted by atomic mass is 32.2. The summed E-state index contributed by atoms with van der Waals surface area (Å²) in [6.07, 6.45) is 20.1. The monoisotopic (exact) mass is 1640 g/mol. The van der Waals surface area contributed by atoms with Crippen molar-refractivity contribution in [1.82, 2.24) is 53.5 Å². The van der Waals surface area contributed by atoms with Crippen LogP contribution in [0.25, 0.3) is 44.9 Å². The molecule has 33 heteroatoms. The van der Waals surface area contributed by atoms with E-state index in [1.165, 1.54) is 0 Å². The van der Waals surface area contributed by atoms with Crippen LogP contribution in [-0.2, 0) is 57.5 Å². The molecule has 2 N–H and O–H groups in total. The highest BCUT2D eigenvalue weighted by Gasteiger charge is 2.47. The van der Waals surface area contributed by atoms with E-state index in [1.54, 1.807) is 37.7 Å². The Morgan fingerprint density at radius 3 is 1.18 bits per heavy atom. The molecule has 10 rings (SSSR count). The third-order valence-corrected chi connectivity index (χ3v) is 28.8. The van der Waals surface area contributed by atoms with Crippen LogP contribution in [0, 0.1) is 0 Å². The molecule has 0 bridgehead atoms. The number of nitrogens with one attached hydrogen (secondary N) is 1. The standard InChI is InChI=1S/C39H61N7O7S2Si2.C38H58N6O6SSi2/c1-50-19-20-53-39(38(47)43-55(3,48)49)17-15-30(16-18-39)34-35(54-2)37(44(28-51-21-23-56(4,5)6)29-52-22-24-57(7,8)9)46-36(42-34)33(26-41-46)31-25-40-45(27-31)32-13-11-10-12-14-32;1-47-18-19-50-38(37(45)46)16-14-29(15-17-38)33-34(51-2)36(42(27-48-20-22-52(3,4)5)28-49-21-23-53(6,7)8)44-35(41-33)32(25-40-44)30-24-39-43(26-30)31-12-10-9-11-13-31/h10-14,25-27,30H,15-24,28-29H2,1-9H3,(H,43,47);9-13,24-26,29H,14-23,27-28H2,1-8H3,(H,45,46). The van der Waals surface area contributed by atoms with Gasteiger partial charge in [-0.2, -0.15) is 29.4 Å². The lowest BCUT2D eigenvalue weighted by Crippen LogP contribution is -2.52. The number of amides is 1. The van der Waals surface area contributed by atoms with Gasteiger partial charge in [-0.05, 0) is 112 Å². The molecule has 0 spiro atoms. The molecule has 2 aromatic carbocycles. The number of ether oxygens (including phenoxy) is 8. The second-order valence-corrected chi connectivity index (χ2v) is 59.4. The van der Waals surface area contributed by atoms with Crippen LogP contribution < -0.4 is 14.5 Å². The first kappa shape index (κ1) is 87.8. The van der Waals surface area contributed by atoms with Gasteiger partial charge < -0.3 is 52.8 Å². The molecule has 0 saturated heterocycles. The van der Waals surface area contributed by atoms with E-state index in [0.717, 1.165) is 96.9 Å². The molecule has 0 radical (unpaired) electrons. The first-order valence-corrected chi connectivity index (χ1v) is 57.3. The van der Waals surface area contributed by atoms with Gasteiger partial charge in [-0.15, -0.1) is 23.5 Å². The molecular formula is C77H119N13O13S3Si4. The topological polar surface area (TPSA) is 277 Å². The SMILES string of the molecule is COCCOC1(C(=O)NS(C)(=O)=O)CCC(c2nc3c(-c4cnn(-c5ccccc5)c4)cnn3c(N(COCC[Si](C)(C)C)COCC[Si](C)(C)C)c2SC)CC1.COCCOC1(C(=O)O)CCC(c2nc3c(-c4cnn(-c5ccccc5)c4)cnn3c(N(COCC[Si](C)(C)C)COCC[Si](C)(C)C)c2SC)CC1. The highest BCUT2D eigenvalue weighted by Crippen LogP contribution is 2.48. The lowest BCUT2D eigenvalue weighted by Gasteiger charge is -2.39. The number of para-hydroxylation sites is 2. The van der Waals surface area contributed by atoms with E-state index in [2.05, 4.69) is 110 Å². The Morgan fingerprint density at radius 1 is 0.518 bits per heavy atom. The number of benzene rings is 2. The number of anilines is 2. The number of nitrogens with zero attached hydrogens (tertiary/aromatic N) is 12. The van der Waals surface area contributed by atoms with Crippen LogP contribution in [0.4, 0.5) is 11.6 Å². The number of carbonyl (C=O) groups is 2. The summed E-state index contributed by atoms with van der Waals surface area (Å²) in [4.78, 5) is 43.1. The van der Waals surface area contributed by atoms with Crippen molar-refractivity contribution in [3.8, 4) is 33.6 Å². The number of sulfonamides is 1. The van der Waals surface area contributed by atoms with Crippen LogP contribution in [0.1, 0.15) is 74.6 Å². The first-order chi connectivity index (χ1) is 52.2. The van der Waals surface area contributed by atoms with Gasteiger partial charge >= 0.3 is 5.97 Å². The molecule has 26 nitrogen and oxygen atoms in total. The van der Waals surface area contributed by atoms with Gasteiger partial charge in [0.05, 0.1) is 90.0 Å². The van der Waals surface area contributed by atoms with Crippen LogP contribution in [0.5, 0.6) is 0 Å². The molecule has 6 aromatic heterocycles. The number of rotatable bonds is 41. The van der Waals surface area contributed by atoms with Gasteiger partial charge in [-0.3, -0.25) is 9.52 Å². The zero-order valence-corrected chi connectivity index (χ0v) is 74.2. The lowest BCUT2D eigenvalue weighted by atomic mass is 9.76. The molecule has 0 atom stereocenters. The van der Waals surface area contributed by atoms with Crippen molar-refractivity contribution in [2.45, 2.75) is 187 Å². The van der Waals surface area contributed by atoms with E-state index in [9.17, 15) is 23.1 Å². The second kappa shape index (κ2) is 39.3. The van der Waals surface area contributed by atoms with Crippen molar-refractivity contribution in [2.75, 3.05) is 123 Å². The van der Waals surface area contributed by atoms with Crippen LogP contribution in [0.3, 0.4) is 0 Å². The Hall–Kier alpha value is -6.16. The summed E-state index contributed by atoms with van der Waals surface area (Å²) in [5.74, 6) is 0.0571. The van der Waals surface area contributed by atoms with Gasteiger partial charge in [0.15, 0.2) is 28.5 Å². The molecule has 604 valence electrons. The number of carboxylic acids is 1. The fourth-order valence-electron chi connectivity index (χ4n) is 13.2. The number of carboxylic acid groups (broad SMARTS) is 1. The van der Waals surface area contributed by atoms with E-state index in [0.29, 0.717) is 123 Å². The minimum Gasteiger partial charge on any atom is -0.479 e. The van der Waals surface area contributed by atoms with Gasteiger partial charge in [-0.1, -0.05) is 115 Å². The van der Waals surface area contributed by atoms with E-state index in [-0.39, 0.29) is 31.7 Å². The predicted molar refractivity (Wildman–Crippen MR) is 450 cm³/mol. The van der Waals surface area contributed by atoms with Crippen LogP contribution in [0.15, 0.2) is 108 Å². The average Bonchev–Trinajstić information content (AvgIpc) is 1.19.